The number of pyridine rings is 1. The summed E-state index contributed by atoms with van der Waals surface area (Å²) in [6, 6.07) is 12.3. The van der Waals surface area contributed by atoms with Gasteiger partial charge in [0.25, 0.3) is 5.91 Å². The molecule has 6 heteroatoms. The maximum Gasteiger partial charge on any atom is 0.258 e. The van der Waals surface area contributed by atoms with E-state index in [0.717, 1.165) is 0 Å². The summed E-state index contributed by atoms with van der Waals surface area (Å²) >= 11 is 0. The molecular formula is C20H13FN2O3. The molecule has 128 valence electrons. The van der Waals surface area contributed by atoms with Gasteiger partial charge in [-0.25, -0.2) is 4.39 Å². The normalized spacial score (nSPS) is 11.0. The van der Waals surface area contributed by atoms with E-state index in [1.165, 1.54) is 35.5 Å². The van der Waals surface area contributed by atoms with E-state index in [1.54, 1.807) is 37.4 Å². The van der Waals surface area contributed by atoms with Crippen LogP contribution in [0, 0.1) is 5.82 Å². The Morgan fingerprint density at radius 1 is 1.08 bits per heavy atom. The molecule has 2 heterocycles. The highest BCUT2D eigenvalue weighted by Crippen LogP contribution is 2.25. The number of anilines is 1. The van der Waals surface area contributed by atoms with E-state index in [1.807, 2.05) is 0 Å². The number of amides is 1. The molecule has 2 aromatic heterocycles. The molecule has 0 saturated carbocycles. The largest absolute Gasteiger partial charge is 0.453 e. The van der Waals surface area contributed by atoms with E-state index in [4.69, 9.17) is 4.42 Å². The predicted octanol–water partition coefficient (Wildman–Crippen LogP) is 3.76. The van der Waals surface area contributed by atoms with Crippen molar-refractivity contribution >= 4 is 33.5 Å². The van der Waals surface area contributed by atoms with Crippen LogP contribution >= 0.6 is 0 Å². The van der Waals surface area contributed by atoms with Crippen LogP contribution in [0.3, 0.4) is 0 Å². The number of carbonyl (C=O) groups is 1. The van der Waals surface area contributed by atoms with Crippen molar-refractivity contribution in [3.05, 3.63) is 82.5 Å². The van der Waals surface area contributed by atoms with Crippen molar-refractivity contribution in [2.45, 2.75) is 0 Å². The second-order valence-corrected chi connectivity index (χ2v) is 5.83. The first-order chi connectivity index (χ1) is 12.6. The van der Waals surface area contributed by atoms with Gasteiger partial charge in [-0.05, 0) is 36.4 Å². The fourth-order valence-electron chi connectivity index (χ4n) is 2.84. The molecule has 0 radical (unpaired) electrons. The number of carbonyl (C=O) groups excluding carboxylic acids is 1. The van der Waals surface area contributed by atoms with Crippen LogP contribution in [-0.4, -0.2) is 17.9 Å². The Labute approximate surface area is 147 Å². The molecule has 0 aliphatic rings. The number of aromatic nitrogens is 1. The SMILES string of the molecule is CN(C(=O)c1ccncc1)c1ccc2c(=O)c3cccc(F)c3oc2c1. The van der Waals surface area contributed by atoms with Gasteiger partial charge in [0.1, 0.15) is 5.58 Å². The third kappa shape index (κ3) is 2.52. The third-order valence-corrected chi connectivity index (χ3v) is 4.25. The minimum atomic E-state index is -0.604. The Bertz CT molecular complexity index is 1200. The van der Waals surface area contributed by atoms with Crippen molar-refractivity contribution in [1.82, 2.24) is 4.98 Å². The lowest BCUT2D eigenvalue weighted by atomic mass is 10.1. The Morgan fingerprint density at radius 2 is 1.85 bits per heavy atom. The molecule has 0 atom stereocenters. The van der Waals surface area contributed by atoms with E-state index >= 15 is 0 Å². The van der Waals surface area contributed by atoms with E-state index in [0.29, 0.717) is 16.6 Å². The number of fused-ring (bicyclic) bond motifs is 2. The molecule has 5 nitrogen and oxygen atoms in total. The first kappa shape index (κ1) is 16.0. The second-order valence-electron chi connectivity index (χ2n) is 5.83. The van der Waals surface area contributed by atoms with Crippen LogP contribution in [0.5, 0.6) is 0 Å². The number of para-hydroxylation sites is 1. The summed E-state index contributed by atoms with van der Waals surface area (Å²) < 4.78 is 19.6. The van der Waals surface area contributed by atoms with E-state index in [9.17, 15) is 14.0 Å². The topological polar surface area (TPSA) is 63.4 Å². The quantitative estimate of drug-likeness (QED) is 0.518. The molecule has 4 rings (SSSR count). The van der Waals surface area contributed by atoms with Gasteiger partial charge in [-0.1, -0.05) is 6.07 Å². The number of rotatable bonds is 2. The molecule has 0 bridgehead atoms. The lowest BCUT2D eigenvalue weighted by Gasteiger charge is -2.17. The van der Waals surface area contributed by atoms with Crippen molar-refractivity contribution in [2.24, 2.45) is 0 Å². The van der Waals surface area contributed by atoms with Gasteiger partial charge in [0, 0.05) is 36.8 Å². The smallest absolute Gasteiger partial charge is 0.258 e. The summed E-state index contributed by atoms with van der Waals surface area (Å²) in [5, 5.41) is 0.517. The highest BCUT2D eigenvalue weighted by atomic mass is 19.1. The van der Waals surface area contributed by atoms with Crippen LogP contribution in [0.15, 0.2) is 70.1 Å². The lowest BCUT2D eigenvalue weighted by molar-refractivity contribution is 0.0993. The zero-order valence-corrected chi connectivity index (χ0v) is 13.8. The van der Waals surface area contributed by atoms with Crippen LogP contribution in [-0.2, 0) is 0 Å². The fraction of sp³-hybridized carbons (Fsp3) is 0.0500. The number of nitrogens with zero attached hydrogens (tertiary/aromatic N) is 2. The highest BCUT2D eigenvalue weighted by molar-refractivity contribution is 6.06. The standard InChI is InChI=1S/C20H13FN2O3/c1-23(20(25)12-7-9-22-10-8-12)13-5-6-14-17(11-13)26-19-15(18(14)24)3-2-4-16(19)21/h2-11H,1H3. The molecule has 0 saturated heterocycles. The summed E-state index contributed by atoms with van der Waals surface area (Å²) in [4.78, 5) is 30.4. The molecule has 4 aromatic rings. The van der Waals surface area contributed by atoms with Gasteiger partial charge in [-0.2, -0.15) is 0 Å². The maximum absolute atomic E-state index is 14.0. The Hall–Kier alpha value is -3.54. The number of hydrogen-bond donors (Lipinski definition) is 0. The summed E-state index contributed by atoms with van der Waals surface area (Å²) in [5.74, 6) is -0.839. The van der Waals surface area contributed by atoms with Crippen molar-refractivity contribution < 1.29 is 13.6 Å². The Balaban J connectivity index is 1.85. The fourth-order valence-corrected chi connectivity index (χ4v) is 2.84. The van der Waals surface area contributed by atoms with Gasteiger partial charge < -0.3 is 9.32 Å². The minimum Gasteiger partial charge on any atom is -0.453 e. The third-order valence-electron chi connectivity index (χ3n) is 4.25. The highest BCUT2D eigenvalue weighted by Gasteiger charge is 2.16. The maximum atomic E-state index is 14.0. The van der Waals surface area contributed by atoms with Gasteiger partial charge in [0.2, 0.25) is 5.43 Å². The van der Waals surface area contributed by atoms with Crippen LogP contribution in [0.2, 0.25) is 0 Å². The van der Waals surface area contributed by atoms with Gasteiger partial charge in [0.15, 0.2) is 11.4 Å². The molecule has 0 N–H and O–H groups in total. The summed E-state index contributed by atoms with van der Waals surface area (Å²) in [6.45, 7) is 0. The molecule has 2 aromatic carbocycles. The summed E-state index contributed by atoms with van der Waals surface area (Å²) in [6.07, 6.45) is 3.07. The average molecular weight is 348 g/mol. The van der Waals surface area contributed by atoms with E-state index in [2.05, 4.69) is 4.98 Å². The average Bonchev–Trinajstić information content (AvgIpc) is 2.68. The van der Waals surface area contributed by atoms with Crippen molar-refractivity contribution in [3.8, 4) is 0 Å². The molecule has 0 fully saturated rings. The molecular weight excluding hydrogens is 335 g/mol. The summed E-state index contributed by atoms with van der Waals surface area (Å²) in [5.41, 5.74) is 0.826. The molecule has 0 aliphatic heterocycles. The van der Waals surface area contributed by atoms with Gasteiger partial charge >= 0.3 is 0 Å². The predicted molar refractivity (Wildman–Crippen MR) is 96.9 cm³/mol. The number of hydrogen-bond acceptors (Lipinski definition) is 4. The zero-order chi connectivity index (χ0) is 18.3. The Kier molecular flexibility index (Phi) is 3.73. The monoisotopic (exact) mass is 348 g/mol. The van der Waals surface area contributed by atoms with Gasteiger partial charge in [0.05, 0.1) is 10.8 Å². The molecule has 26 heavy (non-hydrogen) atoms. The molecule has 0 unspecified atom stereocenters. The van der Waals surface area contributed by atoms with E-state index < -0.39 is 5.82 Å². The number of halogens is 1. The second kappa shape index (κ2) is 6.07. The number of benzene rings is 2. The Morgan fingerprint density at radius 3 is 2.62 bits per heavy atom. The molecule has 1 amide bonds. The first-order valence-corrected chi connectivity index (χ1v) is 7.89. The molecule has 0 aliphatic carbocycles. The van der Waals surface area contributed by atoms with Crippen molar-refractivity contribution in [3.63, 3.8) is 0 Å². The first-order valence-electron chi connectivity index (χ1n) is 7.89. The van der Waals surface area contributed by atoms with Crippen LogP contribution in [0.1, 0.15) is 10.4 Å². The van der Waals surface area contributed by atoms with Gasteiger partial charge in [-0.3, -0.25) is 14.6 Å². The van der Waals surface area contributed by atoms with E-state index in [-0.39, 0.29) is 27.9 Å². The zero-order valence-electron chi connectivity index (χ0n) is 13.8. The molecule has 0 spiro atoms. The van der Waals surface area contributed by atoms with Crippen molar-refractivity contribution in [2.75, 3.05) is 11.9 Å². The van der Waals surface area contributed by atoms with Crippen LogP contribution in [0.25, 0.3) is 21.9 Å². The van der Waals surface area contributed by atoms with Crippen molar-refractivity contribution in [1.29, 1.82) is 0 Å². The van der Waals surface area contributed by atoms with Crippen LogP contribution < -0.4 is 10.3 Å². The summed E-state index contributed by atoms with van der Waals surface area (Å²) in [7, 11) is 1.61. The lowest BCUT2D eigenvalue weighted by Crippen LogP contribution is -2.26. The van der Waals surface area contributed by atoms with Crippen LogP contribution in [0.4, 0.5) is 10.1 Å². The minimum absolute atomic E-state index is 0.0923. The van der Waals surface area contributed by atoms with Gasteiger partial charge in [-0.15, -0.1) is 0 Å².